The van der Waals surface area contributed by atoms with Crippen molar-refractivity contribution in [3.63, 3.8) is 0 Å². The first-order chi connectivity index (χ1) is 13.5. The molecule has 1 fully saturated rings. The maximum atomic E-state index is 11.4. The molecule has 5 heteroatoms. The number of aromatic hydroxyl groups is 1. The van der Waals surface area contributed by atoms with E-state index in [9.17, 15) is 9.90 Å². The Hall–Kier alpha value is -2.79. The molecule has 0 aromatic heterocycles. The van der Waals surface area contributed by atoms with Crippen molar-refractivity contribution < 1.29 is 19.5 Å². The van der Waals surface area contributed by atoms with Crippen molar-refractivity contribution in [2.24, 2.45) is 0 Å². The van der Waals surface area contributed by atoms with Crippen LogP contribution in [0.5, 0.6) is 11.5 Å². The van der Waals surface area contributed by atoms with Crippen molar-refractivity contribution in [2.45, 2.75) is 19.9 Å². The van der Waals surface area contributed by atoms with Crippen molar-refractivity contribution in [1.29, 1.82) is 0 Å². The smallest absolute Gasteiger partial charge is 0.159 e. The zero-order valence-electron chi connectivity index (χ0n) is 16.7. The minimum absolute atomic E-state index is 0.0923. The molecule has 1 aliphatic rings. The number of carbonyl (C=O) groups excluding carboxylic acids is 1. The molecule has 28 heavy (non-hydrogen) atoms. The van der Waals surface area contributed by atoms with E-state index in [0.717, 1.165) is 60.9 Å². The molecule has 2 aromatic rings. The Balaban J connectivity index is 1.65. The Morgan fingerprint density at radius 2 is 1.86 bits per heavy atom. The van der Waals surface area contributed by atoms with Crippen LogP contribution < -0.4 is 14.5 Å². The van der Waals surface area contributed by atoms with E-state index in [1.807, 2.05) is 36.4 Å². The molecule has 3 rings (SSSR count). The lowest BCUT2D eigenvalue weighted by molar-refractivity contribution is -0.914. The van der Waals surface area contributed by atoms with Crippen LogP contribution >= 0.6 is 0 Å². The van der Waals surface area contributed by atoms with Crippen molar-refractivity contribution in [3.8, 4) is 11.5 Å². The first kappa shape index (κ1) is 20.0. The Morgan fingerprint density at radius 1 is 1.21 bits per heavy atom. The van der Waals surface area contributed by atoms with E-state index >= 15 is 0 Å². The first-order valence-corrected chi connectivity index (χ1v) is 9.71. The zero-order chi connectivity index (χ0) is 20.1. The van der Waals surface area contributed by atoms with Gasteiger partial charge in [-0.15, -0.1) is 6.58 Å². The molecule has 0 saturated carbocycles. The number of hydrogen-bond donors (Lipinski definition) is 2. The molecule has 0 amide bonds. The Bertz CT molecular complexity index is 838. The number of carbonyl (C=O) groups is 1. The van der Waals surface area contributed by atoms with E-state index in [0.29, 0.717) is 12.2 Å². The van der Waals surface area contributed by atoms with Crippen LogP contribution in [0.1, 0.15) is 28.4 Å². The van der Waals surface area contributed by atoms with E-state index in [-0.39, 0.29) is 5.78 Å². The fourth-order valence-electron chi connectivity index (χ4n) is 3.73. The summed E-state index contributed by atoms with van der Waals surface area (Å²) in [7, 11) is 1.65. The molecule has 0 unspecified atom stereocenters. The number of benzene rings is 2. The molecule has 0 bridgehead atoms. The minimum atomic E-state index is 0.0923. The highest BCUT2D eigenvalue weighted by atomic mass is 16.5. The largest absolute Gasteiger partial charge is 0.507 e. The summed E-state index contributed by atoms with van der Waals surface area (Å²) in [6.45, 7) is 9.99. The van der Waals surface area contributed by atoms with Gasteiger partial charge in [0.1, 0.15) is 18.0 Å². The van der Waals surface area contributed by atoms with Crippen molar-refractivity contribution in [2.75, 3.05) is 38.2 Å². The Morgan fingerprint density at radius 3 is 2.43 bits per heavy atom. The van der Waals surface area contributed by atoms with Gasteiger partial charge in [-0.2, -0.15) is 0 Å². The number of Topliss-reactive ketones (excluding diaryl/α,β-unsaturated/α-hetero) is 1. The topological polar surface area (TPSA) is 54.2 Å². The van der Waals surface area contributed by atoms with Gasteiger partial charge in [-0.25, -0.2) is 0 Å². The molecule has 0 radical (unpaired) electrons. The van der Waals surface area contributed by atoms with Gasteiger partial charge < -0.3 is 19.6 Å². The average Bonchev–Trinajstić information content (AvgIpc) is 2.71. The highest BCUT2D eigenvalue weighted by molar-refractivity contribution is 5.94. The fourth-order valence-corrected chi connectivity index (χ4v) is 3.73. The third kappa shape index (κ3) is 4.54. The number of rotatable bonds is 7. The average molecular weight is 381 g/mol. The van der Waals surface area contributed by atoms with Crippen LogP contribution in [0.3, 0.4) is 0 Å². The van der Waals surface area contributed by atoms with Gasteiger partial charge in [0.2, 0.25) is 0 Å². The van der Waals surface area contributed by atoms with Crippen LogP contribution in [0.25, 0.3) is 0 Å². The molecule has 148 valence electrons. The predicted molar refractivity (Wildman–Crippen MR) is 112 cm³/mol. The Labute approximate surface area is 166 Å². The molecule has 1 heterocycles. The lowest BCUT2D eigenvalue weighted by Crippen LogP contribution is -3.13. The van der Waals surface area contributed by atoms with Gasteiger partial charge in [0.25, 0.3) is 0 Å². The second kappa shape index (κ2) is 8.93. The second-order valence-electron chi connectivity index (χ2n) is 7.30. The molecular weight excluding hydrogens is 352 g/mol. The second-order valence-corrected chi connectivity index (χ2v) is 7.30. The minimum Gasteiger partial charge on any atom is -0.507 e. The number of anilines is 1. The molecule has 2 N–H and O–H groups in total. The number of methoxy groups -OCH3 is 1. The van der Waals surface area contributed by atoms with Crippen molar-refractivity contribution >= 4 is 11.5 Å². The maximum Gasteiger partial charge on any atom is 0.159 e. The SMILES string of the molecule is C=CCc1cc(OC)cc(C[NH+]2CCN(c3ccc(C(C)=O)cc3)CC2)c1O. The molecule has 0 aliphatic carbocycles. The monoisotopic (exact) mass is 381 g/mol. The number of hydrogen-bond acceptors (Lipinski definition) is 4. The third-order valence-corrected chi connectivity index (χ3v) is 5.39. The zero-order valence-corrected chi connectivity index (χ0v) is 16.7. The Kier molecular flexibility index (Phi) is 6.37. The molecule has 2 aromatic carbocycles. The highest BCUT2D eigenvalue weighted by Gasteiger charge is 2.22. The number of nitrogens with zero attached hydrogens (tertiary/aromatic N) is 1. The van der Waals surface area contributed by atoms with Gasteiger partial charge in [0.15, 0.2) is 5.78 Å². The summed E-state index contributed by atoms with van der Waals surface area (Å²) in [6, 6.07) is 11.6. The van der Waals surface area contributed by atoms with E-state index in [1.165, 1.54) is 4.90 Å². The number of allylic oxidation sites excluding steroid dienone is 1. The summed E-state index contributed by atoms with van der Waals surface area (Å²) in [5, 5.41) is 10.6. The lowest BCUT2D eigenvalue weighted by atomic mass is 10.0. The number of phenolic OH excluding ortho intramolecular Hbond substituents is 1. The number of phenols is 1. The molecule has 1 aliphatic heterocycles. The van der Waals surface area contributed by atoms with Gasteiger partial charge in [-0.05, 0) is 49.7 Å². The van der Waals surface area contributed by atoms with Gasteiger partial charge in [0, 0.05) is 16.8 Å². The summed E-state index contributed by atoms with van der Waals surface area (Å²) in [5.74, 6) is 1.22. The fraction of sp³-hybridized carbons (Fsp3) is 0.348. The van der Waals surface area contributed by atoms with E-state index < -0.39 is 0 Å². The van der Waals surface area contributed by atoms with Crippen LogP contribution in [0.4, 0.5) is 5.69 Å². The maximum absolute atomic E-state index is 11.4. The lowest BCUT2D eigenvalue weighted by Gasteiger charge is -2.34. The summed E-state index contributed by atoms with van der Waals surface area (Å²) in [6.07, 6.45) is 2.41. The number of piperazine rings is 1. The van der Waals surface area contributed by atoms with Crippen LogP contribution in [0.2, 0.25) is 0 Å². The molecule has 0 atom stereocenters. The van der Waals surface area contributed by atoms with Crippen LogP contribution in [-0.2, 0) is 13.0 Å². The summed E-state index contributed by atoms with van der Waals surface area (Å²) >= 11 is 0. The summed E-state index contributed by atoms with van der Waals surface area (Å²) in [4.78, 5) is 15.2. The van der Waals surface area contributed by atoms with Gasteiger partial charge in [0.05, 0.1) is 38.9 Å². The number of quaternary nitrogens is 1. The molecule has 0 spiro atoms. The van der Waals surface area contributed by atoms with Crippen molar-refractivity contribution in [3.05, 3.63) is 65.7 Å². The third-order valence-electron chi connectivity index (χ3n) is 5.39. The normalized spacial score (nSPS) is 14.7. The summed E-state index contributed by atoms with van der Waals surface area (Å²) in [5.41, 5.74) is 3.68. The van der Waals surface area contributed by atoms with Crippen LogP contribution in [0, 0.1) is 0 Å². The predicted octanol–water partition coefficient (Wildman–Crippen LogP) is 2.24. The molecule has 5 nitrogen and oxygen atoms in total. The first-order valence-electron chi connectivity index (χ1n) is 9.71. The quantitative estimate of drug-likeness (QED) is 0.571. The van der Waals surface area contributed by atoms with E-state index in [1.54, 1.807) is 20.1 Å². The van der Waals surface area contributed by atoms with E-state index in [2.05, 4.69) is 11.5 Å². The van der Waals surface area contributed by atoms with Gasteiger partial charge >= 0.3 is 0 Å². The van der Waals surface area contributed by atoms with Crippen LogP contribution in [0.15, 0.2) is 49.1 Å². The van der Waals surface area contributed by atoms with Crippen molar-refractivity contribution in [1.82, 2.24) is 0 Å². The van der Waals surface area contributed by atoms with E-state index in [4.69, 9.17) is 4.74 Å². The number of ketones is 1. The van der Waals surface area contributed by atoms with Gasteiger partial charge in [-0.1, -0.05) is 6.08 Å². The standard InChI is InChI=1S/C23H28N2O3/c1-4-5-19-14-22(28-3)15-20(23(19)27)16-24-10-12-25(13-11-24)21-8-6-18(7-9-21)17(2)26/h4,6-9,14-15,27H,1,5,10-13,16H2,2-3H3/p+1. The highest BCUT2D eigenvalue weighted by Crippen LogP contribution is 2.28. The summed E-state index contributed by atoms with van der Waals surface area (Å²) < 4.78 is 5.40. The van der Waals surface area contributed by atoms with Gasteiger partial charge in [-0.3, -0.25) is 4.79 Å². The van der Waals surface area contributed by atoms with Crippen LogP contribution in [-0.4, -0.2) is 44.2 Å². The number of ether oxygens (including phenoxy) is 1. The molecule has 1 saturated heterocycles. The molecular formula is C23H29N2O3+. The number of nitrogens with one attached hydrogen (secondary N) is 1.